The molecule has 1 N–H and O–H groups in total. The Labute approximate surface area is 158 Å². The second kappa shape index (κ2) is 8.13. The third-order valence-corrected chi connectivity index (χ3v) is 5.05. The summed E-state index contributed by atoms with van der Waals surface area (Å²) in [6.07, 6.45) is 2.35. The second-order valence-corrected chi connectivity index (χ2v) is 7.13. The molecular weight excluding hydrogens is 350 g/mol. The standard InChI is InChI=1S/C21H24F2N2O2/c22-21(23)27-17-8-9-19(20(12-17)26-14-15-6-7-15)25-11-10-24-18(13-25)16-4-2-1-3-5-16/h1-5,8-9,12,15,18,21,24H,6-7,10-11,13-14H2/t18-/m1/s1. The predicted molar refractivity (Wildman–Crippen MR) is 101 cm³/mol. The van der Waals surface area contributed by atoms with E-state index in [2.05, 4.69) is 27.1 Å². The van der Waals surface area contributed by atoms with Crippen LogP contribution in [0.25, 0.3) is 0 Å². The minimum atomic E-state index is -2.84. The van der Waals surface area contributed by atoms with Gasteiger partial charge in [0.05, 0.1) is 12.3 Å². The van der Waals surface area contributed by atoms with Crippen molar-refractivity contribution in [1.82, 2.24) is 5.32 Å². The van der Waals surface area contributed by atoms with Gasteiger partial charge in [-0.15, -0.1) is 0 Å². The molecule has 144 valence electrons. The van der Waals surface area contributed by atoms with Crippen LogP contribution in [0.5, 0.6) is 11.5 Å². The van der Waals surface area contributed by atoms with Gasteiger partial charge in [-0.25, -0.2) is 0 Å². The average Bonchev–Trinajstić information content (AvgIpc) is 3.51. The van der Waals surface area contributed by atoms with Crippen molar-refractivity contribution in [1.29, 1.82) is 0 Å². The molecule has 0 aromatic heterocycles. The summed E-state index contributed by atoms with van der Waals surface area (Å²) in [6.45, 7) is 0.251. The number of nitrogens with zero attached hydrogens (tertiary/aromatic N) is 1. The van der Waals surface area contributed by atoms with Crippen LogP contribution in [-0.2, 0) is 0 Å². The maximum absolute atomic E-state index is 12.6. The van der Waals surface area contributed by atoms with Crippen molar-refractivity contribution in [2.75, 3.05) is 31.1 Å². The van der Waals surface area contributed by atoms with Gasteiger partial charge < -0.3 is 19.7 Å². The Morgan fingerprint density at radius 1 is 1.11 bits per heavy atom. The highest BCUT2D eigenvalue weighted by Gasteiger charge is 2.26. The van der Waals surface area contributed by atoms with Crippen LogP contribution in [0, 0.1) is 5.92 Å². The smallest absolute Gasteiger partial charge is 0.387 e. The highest BCUT2D eigenvalue weighted by atomic mass is 19.3. The topological polar surface area (TPSA) is 33.7 Å². The fourth-order valence-corrected chi connectivity index (χ4v) is 3.42. The van der Waals surface area contributed by atoms with Crippen LogP contribution in [0.1, 0.15) is 24.4 Å². The number of halogens is 2. The van der Waals surface area contributed by atoms with Gasteiger partial charge in [0, 0.05) is 31.7 Å². The molecule has 1 saturated heterocycles. The van der Waals surface area contributed by atoms with Crippen molar-refractivity contribution in [3.8, 4) is 11.5 Å². The van der Waals surface area contributed by atoms with Gasteiger partial charge in [-0.05, 0) is 36.5 Å². The zero-order chi connectivity index (χ0) is 18.6. The Bertz CT molecular complexity index is 753. The second-order valence-electron chi connectivity index (χ2n) is 7.13. The minimum absolute atomic E-state index is 0.134. The summed E-state index contributed by atoms with van der Waals surface area (Å²) >= 11 is 0. The molecule has 4 nitrogen and oxygen atoms in total. The molecule has 2 aromatic carbocycles. The van der Waals surface area contributed by atoms with Crippen molar-refractivity contribution < 1.29 is 18.3 Å². The minimum Gasteiger partial charge on any atom is -0.491 e. The van der Waals surface area contributed by atoms with Crippen molar-refractivity contribution in [2.24, 2.45) is 5.92 Å². The summed E-state index contributed by atoms with van der Waals surface area (Å²) in [6, 6.07) is 15.5. The average molecular weight is 374 g/mol. The quantitative estimate of drug-likeness (QED) is 0.787. The fourth-order valence-electron chi connectivity index (χ4n) is 3.42. The number of nitrogens with one attached hydrogen (secondary N) is 1. The first-order valence-electron chi connectivity index (χ1n) is 9.44. The predicted octanol–water partition coefficient (Wildman–Crippen LogP) is 4.23. The molecule has 2 aromatic rings. The monoisotopic (exact) mass is 374 g/mol. The van der Waals surface area contributed by atoms with Crippen molar-refractivity contribution >= 4 is 5.69 Å². The first kappa shape index (κ1) is 18.0. The van der Waals surface area contributed by atoms with Crippen LogP contribution in [0.3, 0.4) is 0 Å². The summed E-state index contributed by atoms with van der Waals surface area (Å²) in [5.74, 6) is 1.33. The number of benzene rings is 2. The Kier molecular flexibility index (Phi) is 5.43. The zero-order valence-corrected chi connectivity index (χ0v) is 15.1. The summed E-state index contributed by atoms with van der Waals surface area (Å²) in [4.78, 5) is 2.25. The molecule has 27 heavy (non-hydrogen) atoms. The van der Waals surface area contributed by atoms with Crippen LogP contribution in [0.4, 0.5) is 14.5 Å². The van der Waals surface area contributed by atoms with Crippen LogP contribution < -0.4 is 19.7 Å². The third kappa shape index (κ3) is 4.69. The van der Waals surface area contributed by atoms with Crippen LogP contribution >= 0.6 is 0 Å². The molecule has 0 unspecified atom stereocenters. The SMILES string of the molecule is FC(F)Oc1ccc(N2CCN[C@@H](c3ccccc3)C2)c(OCC2CC2)c1. The first-order valence-corrected chi connectivity index (χ1v) is 9.44. The summed E-state index contributed by atoms with van der Waals surface area (Å²) in [7, 11) is 0. The molecular formula is C21H24F2N2O2. The van der Waals surface area contributed by atoms with Crippen molar-refractivity contribution in [3.63, 3.8) is 0 Å². The van der Waals surface area contributed by atoms with Gasteiger partial charge >= 0.3 is 6.61 Å². The highest BCUT2D eigenvalue weighted by molar-refractivity contribution is 5.61. The lowest BCUT2D eigenvalue weighted by Crippen LogP contribution is -2.46. The van der Waals surface area contributed by atoms with E-state index in [0.29, 0.717) is 18.3 Å². The number of alkyl halides is 2. The molecule has 4 rings (SSSR count). The van der Waals surface area contributed by atoms with E-state index in [1.165, 1.54) is 18.4 Å². The van der Waals surface area contributed by atoms with Gasteiger partial charge in [0.2, 0.25) is 0 Å². The van der Waals surface area contributed by atoms with Crippen LogP contribution in [-0.4, -0.2) is 32.9 Å². The number of rotatable bonds is 7. The molecule has 1 aliphatic carbocycles. The molecule has 1 aliphatic heterocycles. The number of ether oxygens (including phenoxy) is 2. The van der Waals surface area contributed by atoms with Crippen molar-refractivity contribution in [2.45, 2.75) is 25.5 Å². The van der Waals surface area contributed by atoms with Gasteiger partial charge in [0.15, 0.2) is 0 Å². The molecule has 2 aliphatic rings. The molecule has 1 atom stereocenters. The van der Waals surface area contributed by atoms with Crippen LogP contribution in [0.15, 0.2) is 48.5 Å². The van der Waals surface area contributed by atoms with E-state index in [1.807, 2.05) is 24.3 Å². The molecule has 1 heterocycles. The van der Waals surface area contributed by atoms with Gasteiger partial charge in [0.1, 0.15) is 11.5 Å². The molecule has 0 amide bonds. The molecule has 6 heteroatoms. The van der Waals surface area contributed by atoms with Crippen molar-refractivity contribution in [3.05, 3.63) is 54.1 Å². The fraction of sp³-hybridized carbons (Fsp3) is 0.429. The van der Waals surface area contributed by atoms with Gasteiger partial charge in [-0.3, -0.25) is 0 Å². The van der Waals surface area contributed by atoms with E-state index in [4.69, 9.17) is 4.74 Å². The number of hydrogen-bond acceptors (Lipinski definition) is 4. The Hall–Kier alpha value is -2.34. The van der Waals surface area contributed by atoms with E-state index in [9.17, 15) is 8.78 Å². The summed E-state index contributed by atoms with van der Waals surface area (Å²) in [5.41, 5.74) is 2.17. The molecule has 0 bridgehead atoms. The van der Waals surface area contributed by atoms with E-state index < -0.39 is 6.61 Å². The Balaban J connectivity index is 1.54. The normalized spacial score (nSPS) is 20.0. The lowest BCUT2D eigenvalue weighted by molar-refractivity contribution is -0.0499. The molecule has 1 saturated carbocycles. The van der Waals surface area contributed by atoms with E-state index >= 15 is 0 Å². The Morgan fingerprint density at radius 3 is 2.67 bits per heavy atom. The summed E-state index contributed by atoms with van der Waals surface area (Å²) in [5, 5.41) is 3.55. The maximum atomic E-state index is 12.6. The number of hydrogen-bond donors (Lipinski definition) is 1. The van der Waals surface area contributed by atoms with Gasteiger partial charge in [-0.2, -0.15) is 8.78 Å². The van der Waals surface area contributed by atoms with E-state index in [0.717, 1.165) is 25.3 Å². The van der Waals surface area contributed by atoms with E-state index in [1.54, 1.807) is 12.1 Å². The molecule has 0 radical (unpaired) electrons. The maximum Gasteiger partial charge on any atom is 0.387 e. The Morgan fingerprint density at radius 2 is 1.93 bits per heavy atom. The van der Waals surface area contributed by atoms with Gasteiger partial charge in [-0.1, -0.05) is 30.3 Å². The number of anilines is 1. The lowest BCUT2D eigenvalue weighted by Gasteiger charge is -2.36. The molecule has 2 fully saturated rings. The van der Waals surface area contributed by atoms with Crippen LogP contribution in [0.2, 0.25) is 0 Å². The van der Waals surface area contributed by atoms with Gasteiger partial charge in [0.25, 0.3) is 0 Å². The first-order chi connectivity index (χ1) is 13.2. The zero-order valence-electron chi connectivity index (χ0n) is 15.1. The highest BCUT2D eigenvalue weighted by Crippen LogP contribution is 2.37. The summed E-state index contributed by atoms with van der Waals surface area (Å²) < 4.78 is 35.7. The lowest BCUT2D eigenvalue weighted by atomic mass is 10.0. The number of piperazine rings is 1. The molecule has 0 spiro atoms. The third-order valence-electron chi connectivity index (χ3n) is 5.05. The van der Waals surface area contributed by atoms with E-state index in [-0.39, 0.29) is 11.8 Å². The largest absolute Gasteiger partial charge is 0.491 e.